The normalized spacial score (nSPS) is 31.9. The van der Waals surface area contributed by atoms with Crippen LogP contribution in [0.25, 0.3) is 0 Å². The van der Waals surface area contributed by atoms with Gasteiger partial charge < -0.3 is 35.1 Å². The molecule has 0 aromatic carbocycles. The third-order valence-electron chi connectivity index (χ3n) is 6.95. The molecular formula is C29H41ClN2O9. The van der Waals surface area contributed by atoms with Gasteiger partial charge in [-0.05, 0) is 38.2 Å². The summed E-state index contributed by atoms with van der Waals surface area (Å²) in [6.45, 7) is 6.92. The highest BCUT2D eigenvalue weighted by Crippen LogP contribution is 2.29. The van der Waals surface area contributed by atoms with Gasteiger partial charge in [-0.2, -0.15) is 0 Å². The Labute approximate surface area is 246 Å². The molecule has 2 bridgehead atoms. The SMILES string of the molecule is COC1=C2C[C@@H](C)C[C@H](OC)[C@H](O)[C@@H](C)/C=C(\C)[C@H](OC(N)=O)[C@@H](OC)/C=C/C=C(\C)C(=O)NC(=CC1=O)C2=O.Cl. The molecule has 0 aromatic rings. The number of halogens is 1. The average Bonchev–Trinajstić information content (AvgIpc) is 2.90. The number of Topliss-reactive ketones (excluding diaryl/α,β-unsaturated/α-hetero) is 1. The van der Waals surface area contributed by atoms with Crippen LogP contribution in [0.2, 0.25) is 0 Å². The Bertz CT molecular complexity index is 1150. The third-order valence-corrected chi connectivity index (χ3v) is 6.95. The zero-order valence-electron chi connectivity index (χ0n) is 24.5. The molecule has 228 valence electrons. The van der Waals surface area contributed by atoms with Crippen LogP contribution in [0.4, 0.5) is 4.79 Å². The summed E-state index contributed by atoms with van der Waals surface area (Å²) in [5.41, 5.74) is 6.12. The van der Waals surface area contributed by atoms with Crippen LogP contribution in [-0.4, -0.2) is 74.4 Å². The van der Waals surface area contributed by atoms with Crippen molar-refractivity contribution in [2.24, 2.45) is 17.6 Å². The summed E-state index contributed by atoms with van der Waals surface area (Å²) in [7, 11) is 4.21. The summed E-state index contributed by atoms with van der Waals surface area (Å²) in [6, 6.07) is 0. The van der Waals surface area contributed by atoms with Crippen molar-refractivity contribution in [1.29, 1.82) is 0 Å². The van der Waals surface area contributed by atoms with E-state index in [1.807, 2.05) is 6.92 Å². The van der Waals surface area contributed by atoms with Gasteiger partial charge in [-0.15, -0.1) is 12.4 Å². The minimum Gasteiger partial charge on any atom is -0.492 e. The summed E-state index contributed by atoms with van der Waals surface area (Å²) in [5.74, 6) is -2.39. The number of nitrogens with two attached hydrogens (primary N) is 1. The molecule has 2 aliphatic rings. The molecule has 41 heavy (non-hydrogen) atoms. The number of carbonyl (C=O) groups excluding carboxylic acids is 4. The van der Waals surface area contributed by atoms with Gasteiger partial charge in [-0.1, -0.05) is 38.2 Å². The Kier molecular flexibility index (Phi) is 14.2. The van der Waals surface area contributed by atoms with E-state index in [9.17, 15) is 24.3 Å². The summed E-state index contributed by atoms with van der Waals surface area (Å²) in [4.78, 5) is 50.6. The van der Waals surface area contributed by atoms with Gasteiger partial charge in [0.15, 0.2) is 11.9 Å². The fraction of sp³-hybridized carbons (Fsp3) is 0.517. The maximum absolute atomic E-state index is 13.3. The van der Waals surface area contributed by atoms with Crippen LogP contribution < -0.4 is 11.1 Å². The number of rotatable bonds is 4. The van der Waals surface area contributed by atoms with Gasteiger partial charge in [0, 0.05) is 37.4 Å². The van der Waals surface area contributed by atoms with Crippen molar-refractivity contribution < 1.29 is 43.2 Å². The number of aliphatic hydroxyl groups is 1. The molecule has 4 N–H and O–H groups in total. The topological polar surface area (TPSA) is 163 Å². The monoisotopic (exact) mass is 596 g/mol. The van der Waals surface area contributed by atoms with E-state index < -0.39 is 53.9 Å². The average molecular weight is 597 g/mol. The molecule has 1 aliphatic heterocycles. The lowest BCUT2D eigenvalue weighted by molar-refractivity contribution is -0.120. The van der Waals surface area contributed by atoms with Crippen LogP contribution in [0.3, 0.4) is 0 Å². The zero-order valence-corrected chi connectivity index (χ0v) is 25.3. The van der Waals surface area contributed by atoms with Crippen LogP contribution in [-0.2, 0) is 33.3 Å². The summed E-state index contributed by atoms with van der Waals surface area (Å²) < 4.78 is 21.7. The second-order valence-corrected chi connectivity index (χ2v) is 10.1. The number of methoxy groups -OCH3 is 3. The molecule has 6 atom stereocenters. The smallest absolute Gasteiger partial charge is 0.405 e. The quantitative estimate of drug-likeness (QED) is 0.327. The minimum atomic E-state index is -1.00. The number of primary amides is 1. The van der Waals surface area contributed by atoms with Crippen LogP contribution in [0, 0.1) is 11.8 Å². The predicted molar refractivity (Wildman–Crippen MR) is 154 cm³/mol. The van der Waals surface area contributed by atoms with Gasteiger partial charge in [0.25, 0.3) is 5.91 Å². The summed E-state index contributed by atoms with van der Waals surface area (Å²) in [6.07, 6.45) is 3.61. The summed E-state index contributed by atoms with van der Waals surface area (Å²) in [5, 5.41) is 13.7. The molecule has 2 amide bonds. The number of aliphatic hydroxyl groups excluding tert-OH is 1. The number of ketones is 2. The summed E-state index contributed by atoms with van der Waals surface area (Å²) >= 11 is 0. The Morgan fingerprint density at radius 2 is 1.76 bits per heavy atom. The largest absolute Gasteiger partial charge is 0.492 e. The van der Waals surface area contributed by atoms with E-state index in [1.165, 1.54) is 34.3 Å². The van der Waals surface area contributed by atoms with Crippen molar-refractivity contribution in [3.63, 3.8) is 0 Å². The Hall–Kier alpha value is -3.25. The maximum Gasteiger partial charge on any atom is 0.405 e. The van der Waals surface area contributed by atoms with Crippen molar-refractivity contribution in [3.8, 4) is 0 Å². The maximum atomic E-state index is 13.3. The minimum absolute atomic E-state index is 0. The number of allylic oxidation sites excluding steroid dienone is 4. The number of nitrogens with one attached hydrogen (secondary N) is 1. The van der Waals surface area contributed by atoms with E-state index in [2.05, 4.69) is 5.32 Å². The van der Waals surface area contributed by atoms with E-state index in [0.29, 0.717) is 12.0 Å². The molecule has 0 aromatic heterocycles. The van der Waals surface area contributed by atoms with Gasteiger partial charge in [0.05, 0.1) is 25.0 Å². The molecule has 0 saturated heterocycles. The molecule has 0 radical (unpaired) electrons. The van der Waals surface area contributed by atoms with Gasteiger partial charge in [0.2, 0.25) is 11.6 Å². The van der Waals surface area contributed by atoms with Crippen LogP contribution in [0.1, 0.15) is 40.5 Å². The van der Waals surface area contributed by atoms with Gasteiger partial charge in [-0.3, -0.25) is 14.4 Å². The first-order valence-corrected chi connectivity index (χ1v) is 13.0. The van der Waals surface area contributed by atoms with Gasteiger partial charge in [-0.25, -0.2) is 4.79 Å². The molecule has 0 saturated carbocycles. The van der Waals surface area contributed by atoms with Crippen molar-refractivity contribution in [3.05, 3.63) is 58.6 Å². The molecule has 0 unspecified atom stereocenters. The number of ether oxygens (including phenoxy) is 4. The zero-order chi connectivity index (χ0) is 30.1. The highest BCUT2D eigenvalue weighted by Gasteiger charge is 2.34. The van der Waals surface area contributed by atoms with Crippen molar-refractivity contribution in [2.45, 2.75) is 65.0 Å². The lowest BCUT2D eigenvalue weighted by Gasteiger charge is -2.29. The molecule has 1 aliphatic carbocycles. The van der Waals surface area contributed by atoms with E-state index >= 15 is 0 Å². The van der Waals surface area contributed by atoms with E-state index in [-0.39, 0.29) is 47.3 Å². The molecule has 2 rings (SSSR count). The predicted octanol–water partition coefficient (Wildman–Crippen LogP) is 2.83. The van der Waals surface area contributed by atoms with Crippen LogP contribution in [0.15, 0.2) is 58.6 Å². The van der Waals surface area contributed by atoms with Crippen LogP contribution >= 0.6 is 12.4 Å². The second kappa shape index (κ2) is 16.3. The molecule has 0 fully saturated rings. The van der Waals surface area contributed by atoms with Crippen molar-refractivity contribution in [2.75, 3.05) is 21.3 Å². The highest BCUT2D eigenvalue weighted by molar-refractivity contribution is 6.23. The Balaban J connectivity index is 0.00000840. The lowest BCUT2D eigenvalue weighted by atomic mass is 9.85. The number of hydrogen-bond donors (Lipinski definition) is 3. The molecule has 11 nitrogen and oxygen atoms in total. The van der Waals surface area contributed by atoms with Gasteiger partial charge >= 0.3 is 6.09 Å². The van der Waals surface area contributed by atoms with Gasteiger partial charge in [0.1, 0.15) is 6.10 Å². The van der Waals surface area contributed by atoms with E-state index in [1.54, 1.807) is 32.1 Å². The van der Waals surface area contributed by atoms with E-state index in [0.717, 1.165) is 6.08 Å². The van der Waals surface area contributed by atoms with Crippen molar-refractivity contribution >= 4 is 36.0 Å². The molecular weight excluding hydrogens is 556 g/mol. The van der Waals surface area contributed by atoms with Crippen LogP contribution in [0.5, 0.6) is 0 Å². The fourth-order valence-electron chi connectivity index (χ4n) is 4.78. The third kappa shape index (κ3) is 9.39. The Morgan fingerprint density at radius 3 is 2.32 bits per heavy atom. The fourth-order valence-corrected chi connectivity index (χ4v) is 4.78. The second-order valence-electron chi connectivity index (χ2n) is 10.1. The van der Waals surface area contributed by atoms with Crippen molar-refractivity contribution in [1.82, 2.24) is 5.32 Å². The highest BCUT2D eigenvalue weighted by atomic mass is 35.5. The first-order chi connectivity index (χ1) is 18.8. The lowest BCUT2D eigenvalue weighted by Crippen LogP contribution is -2.37. The number of amides is 2. The molecule has 12 heteroatoms. The first kappa shape index (κ1) is 35.8. The first-order valence-electron chi connectivity index (χ1n) is 13.0. The number of carbonyl (C=O) groups is 4. The number of hydrogen-bond acceptors (Lipinski definition) is 9. The molecule has 1 heterocycles. The van der Waals surface area contributed by atoms with E-state index in [4.69, 9.17) is 24.7 Å². The molecule has 0 spiro atoms. The Morgan fingerprint density at radius 1 is 1.10 bits per heavy atom. The standard InChI is InChI=1S/C29H40N2O9.ClH/c1-15-11-19-25(34)20(14-21(32)27(19)39-7)31-28(35)16(2)9-8-10-22(37-5)26(40-29(30)36)18(4)13-17(3)24(33)23(12-15)38-6;/h8-10,13-15,17,22-24,26,33H,11-12H2,1-7H3,(H2,30,36)(H,31,35);1H/b10-8+,16-9+,18-13+;/t15-,17+,22+,23+,24-,26+;/m1./s1. The number of fused-ring (bicyclic) bond motifs is 2.